The van der Waals surface area contributed by atoms with Gasteiger partial charge in [-0.05, 0) is 17.9 Å². The molecule has 0 radical (unpaired) electrons. The van der Waals surface area contributed by atoms with E-state index in [2.05, 4.69) is 4.99 Å². The number of hydrogen-bond acceptors (Lipinski definition) is 7. The van der Waals surface area contributed by atoms with E-state index in [1.807, 2.05) is 12.3 Å². The third kappa shape index (κ3) is 4.46. The average molecular weight is 487 g/mol. The number of ether oxygens (including phenoxy) is 1. The molecule has 0 N–H and O–H groups in total. The molecule has 180 valence electrons. The van der Waals surface area contributed by atoms with Crippen LogP contribution in [0.2, 0.25) is 0 Å². The second-order valence-electron chi connectivity index (χ2n) is 8.18. The predicted molar refractivity (Wildman–Crippen MR) is 127 cm³/mol. The van der Waals surface area contributed by atoms with Crippen molar-refractivity contribution in [2.45, 2.75) is 32.7 Å². The summed E-state index contributed by atoms with van der Waals surface area (Å²) in [5.41, 5.74) is 1.78. The summed E-state index contributed by atoms with van der Waals surface area (Å²) in [6, 6.07) is 5.52. The highest BCUT2D eigenvalue weighted by Crippen LogP contribution is 2.46. The lowest BCUT2D eigenvalue weighted by atomic mass is 9.92. The molecule has 0 spiro atoms. The van der Waals surface area contributed by atoms with Gasteiger partial charge in [0.1, 0.15) is 5.82 Å². The van der Waals surface area contributed by atoms with Gasteiger partial charge in [-0.1, -0.05) is 36.9 Å². The number of esters is 1. The van der Waals surface area contributed by atoms with Crippen LogP contribution < -0.4 is 0 Å². The van der Waals surface area contributed by atoms with Crippen LogP contribution in [0.15, 0.2) is 51.6 Å². The summed E-state index contributed by atoms with van der Waals surface area (Å²) in [5, 5.41) is 2.44. The molecule has 0 bridgehead atoms. The maximum atomic E-state index is 15.0. The molecule has 3 aliphatic rings. The quantitative estimate of drug-likeness (QED) is 0.595. The number of halogens is 1. The smallest absolute Gasteiger partial charge is 0.338 e. The van der Waals surface area contributed by atoms with Crippen molar-refractivity contribution < 1.29 is 23.5 Å². The molecule has 3 aliphatic heterocycles. The fourth-order valence-corrected chi connectivity index (χ4v) is 5.38. The van der Waals surface area contributed by atoms with Crippen molar-refractivity contribution in [3.63, 3.8) is 0 Å². The van der Waals surface area contributed by atoms with Gasteiger partial charge in [-0.2, -0.15) is 0 Å². The molecule has 4 rings (SSSR count). The van der Waals surface area contributed by atoms with Crippen molar-refractivity contribution in [2.24, 2.45) is 4.99 Å². The first-order valence-electron chi connectivity index (χ1n) is 11.2. The van der Waals surface area contributed by atoms with Crippen molar-refractivity contribution in [1.82, 2.24) is 14.7 Å². The lowest BCUT2D eigenvalue weighted by Crippen LogP contribution is -2.50. The Labute approximate surface area is 202 Å². The summed E-state index contributed by atoms with van der Waals surface area (Å²) >= 11 is 1.35. The number of allylic oxidation sites excluding steroid dienone is 1. The van der Waals surface area contributed by atoms with Crippen molar-refractivity contribution in [2.75, 3.05) is 33.3 Å². The fourth-order valence-electron chi connectivity index (χ4n) is 4.44. The third-order valence-electron chi connectivity index (χ3n) is 6.24. The second-order valence-corrected chi connectivity index (χ2v) is 9.02. The van der Waals surface area contributed by atoms with E-state index in [-0.39, 0.29) is 23.8 Å². The summed E-state index contributed by atoms with van der Waals surface area (Å²) in [6.07, 6.45) is 0.551. The van der Waals surface area contributed by atoms with Crippen LogP contribution in [0.4, 0.5) is 4.39 Å². The number of amides is 2. The highest BCUT2D eigenvalue weighted by molar-refractivity contribution is 8.16. The molecule has 0 aliphatic carbocycles. The third-order valence-corrected chi connectivity index (χ3v) is 7.13. The topological polar surface area (TPSA) is 82.5 Å². The van der Waals surface area contributed by atoms with E-state index in [1.54, 1.807) is 32.9 Å². The molecular formula is C24H27FN4O4S. The zero-order valence-electron chi connectivity index (χ0n) is 19.4. The molecule has 3 heterocycles. The van der Waals surface area contributed by atoms with Crippen LogP contribution in [0.3, 0.4) is 0 Å². The van der Waals surface area contributed by atoms with E-state index < -0.39 is 17.8 Å². The van der Waals surface area contributed by atoms with Crippen LogP contribution in [0.25, 0.3) is 0 Å². The van der Waals surface area contributed by atoms with Gasteiger partial charge in [0.2, 0.25) is 11.8 Å². The molecule has 10 heteroatoms. The molecule has 34 heavy (non-hydrogen) atoms. The van der Waals surface area contributed by atoms with Crippen LogP contribution in [0.1, 0.15) is 38.3 Å². The molecule has 2 amide bonds. The van der Waals surface area contributed by atoms with Crippen molar-refractivity contribution in [3.05, 3.63) is 58.0 Å². The zero-order valence-corrected chi connectivity index (χ0v) is 20.2. The summed E-state index contributed by atoms with van der Waals surface area (Å²) in [6.45, 7) is 5.33. The maximum Gasteiger partial charge on any atom is 0.338 e. The molecule has 1 aromatic carbocycles. The van der Waals surface area contributed by atoms with Gasteiger partial charge in [0.05, 0.1) is 30.8 Å². The lowest BCUT2D eigenvalue weighted by molar-refractivity contribution is -0.138. The highest BCUT2D eigenvalue weighted by Gasteiger charge is 2.42. The number of carbonyl (C=O) groups is 3. The van der Waals surface area contributed by atoms with E-state index in [0.29, 0.717) is 54.7 Å². The molecule has 1 saturated heterocycles. The summed E-state index contributed by atoms with van der Waals surface area (Å²) < 4.78 is 20.1. The van der Waals surface area contributed by atoms with E-state index in [0.717, 1.165) is 0 Å². The molecule has 0 aromatic heterocycles. The molecule has 1 fully saturated rings. The monoisotopic (exact) mass is 486 g/mol. The van der Waals surface area contributed by atoms with Crippen molar-refractivity contribution in [3.8, 4) is 0 Å². The largest absolute Gasteiger partial charge is 0.466 e. The van der Waals surface area contributed by atoms with E-state index >= 15 is 4.39 Å². The molecule has 1 aromatic rings. The predicted octanol–water partition coefficient (Wildman–Crippen LogP) is 3.04. The first kappa shape index (κ1) is 24.0. The Balaban J connectivity index is 1.64. The fraction of sp³-hybridized carbons (Fsp3) is 0.417. The summed E-state index contributed by atoms with van der Waals surface area (Å²) in [4.78, 5) is 47.5. The van der Waals surface area contributed by atoms with Gasteiger partial charge in [0.15, 0.2) is 5.17 Å². The Bertz CT molecular complexity index is 1110. The summed E-state index contributed by atoms with van der Waals surface area (Å²) in [7, 11) is 1.29. The lowest BCUT2D eigenvalue weighted by Gasteiger charge is -2.38. The van der Waals surface area contributed by atoms with Crippen LogP contribution in [-0.4, -0.2) is 70.9 Å². The Hall–Kier alpha value is -3.14. The standard InChI is InChI=1S/C24H27FN4O4S/c1-4-19-21(23(32)33-3)22(17-7-5-6-8-18(17)25)29-16(14-34-24(29)26-19)13-20(31)28-11-9-27(10-12-28)15(2)30/h5-8,14,22H,4,9-13H2,1-3H3/t22-/m0/s1. The van der Waals surface area contributed by atoms with Gasteiger partial charge in [-0.15, -0.1) is 0 Å². The van der Waals surface area contributed by atoms with Gasteiger partial charge < -0.3 is 19.4 Å². The van der Waals surface area contributed by atoms with Gasteiger partial charge in [-0.25, -0.2) is 14.2 Å². The maximum absolute atomic E-state index is 15.0. The molecule has 0 unspecified atom stereocenters. The minimum Gasteiger partial charge on any atom is -0.466 e. The summed E-state index contributed by atoms with van der Waals surface area (Å²) in [5.74, 6) is -1.12. The first-order chi connectivity index (χ1) is 16.3. The minimum atomic E-state index is -0.792. The zero-order chi connectivity index (χ0) is 24.4. The Kier molecular flexibility index (Phi) is 7.06. The number of fused-ring (bicyclic) bond motifs is 1. The number of carbonyl (C=O) groups excluding carboxylic acids is 3. The number of thioether (sulfide) groups is 1. The average Bonchev–Trinajstić information content (AvgIpc) is 3.25. The number of benzene rings is 1. The van der Waals surface area contributed by atoms with Gasteiger partial charge in [-0.3, -0.25) is 9.59 Å². The van der Waals surface area contributed by atoms with Crippen LogP contribution in [0.5, 0.6) is 0 Å². The number of piperazine rings is 1. The number of nitrogens with zero attached hydrogens (tertiary/aromatic N) is 4. The highest BCUT2D eigenvalue weighted by atomic mass is 32.2. The Morgan fingerprint density at radius 1 is 1.15 bits per heavy atom. The Morgan fingerprint density at radius 3 is 2.44 bits per heavy atom. The van der Waals surface area contributed by atoms with E-state index in [1.165, 1.54) is 31.9 Å². The molecule has 1 atom stereocenters. The second kappa shape index (κ2) is 10.0. The van der Waals surface area contributed by atoms with Gasteiger partial charge >= 0.3 is 5.97 Å². The van der Waals surface area contributed by atoms with Crippen LogP contribution in [0, 0.1) is 5.82 Å². The van der Waals surface area contributed by atoms with Crippen LogP contribution >= 0.6 is 11.8 Å². The van der Waals surface area contributed by atoms with E-state index in [4.69, 9.17) is 4.74 Å². The number of aliphatic imine (C=N–C) groups is 1. The minimum absolute atomic E-state index is 0.00208. The number of methoxy groups -OCH3 is 1. The van der Waals surface area contributed by atoms with Gasteiger partial charge in [0, 0.05) is 44.4 Å². The normalized spacial score (nSPS) is 20.1. The number of rotatable bonds is 5. The van der Waals surface area contributed by atoms with E-state index in [9.17, 15) is 14.4 Å². The van der Waals surface area contributed by atoms with Crippen LogP contribution in [-0.2, 0) is 19.1 Å². The molecular weight excluding hydrogens is 459 g/mol. The molecule has 0 saturated carbocycles. The Morgan fingerprint density at radius 2 is 1.82 bits per heavy atom. The molecule has 8 nitrogen and oxygen atoms in total. The van der Waals surface area contributed by atoms with Gasteiger partial charge in [0.25, 0.3) is 0 Å². The van der Waals surface area contributed by atoms with Crippen molar-refractivity contribution >= 4 is 34.7 Å². The number of hydrogen-bond donors (Lipinski definition) is 0. The SMILES string of the molecule is CCC1=C(C(=O)OC)[C@H](c2ccccc2F)N2C(CC(=O)N3CCN(C(C)=O)CC3)=CSC2=N1. The number of amidine groups is 1. The first-order valence-corrected chi connectivity index (χ1v) is 12.1. The van der Waals surface area contributed by atoms with Crippen molar-refractivity contribution in [1.29, 1.82) is 0 Å².